The molecule has 4 heterocycles. The van der Waals surface area contributed by atoms with Gasteiger partial charge in [0, 0.05) is 42.4 Å². The number of aromatic nitrogens is 6. The van der Waals surface area contributed by atoms with Crippen LogP contribution in [-0.2, 0) is 0 Å². The van der Waals surface area contributed by atoms with E-state index in [1.807, 2.05) is 25.4 Å². The Morgan fingerprint density at radius 3 is 2.83 bits per heavy atom. The van der Waals surface area contributed by atoms with E-state index in [2.05, 4.69) is 30.7 Å². The summed E-state index contributed by atoms with van der Waals surface area (Å²) in [7, 11) is 0. The lowest BCUT2D eigenvalue weighted by atomic mass is 9.81. The fourth-order valence-corrected chi connectivity index (χ4v) is 4.41. The molecule has 2 aliphatic carbocycles. The Hall–Kier alpha value is -3.03. The number of ether oxygens (including phenoxy) is 1. The van der Waals surface area contributed by atoms with Gasteiger partial charge in [-0.1, -0.05) is 0 Å². The Kier molecular flexibility index (Phi) is 3.34. The van der Waals surface area contributed by atoms with Crippen LogP contribution in [0.3, 0.4) is 0 Å². The quantitative estimate of drug-likeness (QED) is 0.524. The third kappa shape index (κ3) is 2.69. The van der Waals surface area contributed by atoms with Crippen LogP contribution in [0.15, 0.2) is 30.9 Å². The molecule has 0 unspecified atom stereocenters. The Labute approximate surface area is 166 Å². The molecule has 0 bridgehead atoms. The van der Waals surface area contributed by atoms with Gasteiger partial charge < -0.3 is 9.30 Å². The van der Waals surface area contributed by atoms with Crippen LogP contribution in [0, 0.1) is 6.92 Å². The highest BCUT2D eigenvalue weighted by atomic mass is 19.1. The fraction of sp³-hybridized carbons (Fsp3) is 0.429. The summed E-state index contributed by atoms with van der Waals surface area (Å²) in [6, 6.07) is 4.65. The molecular weight excluding hydrogens is 371 g/mol. The highest BCUT2D eigenvalue weighted by Gasteiger charge is 2.42. The van der Waals surface area contributed by atoms with Gasteiger partial charge in [0.05, 0.1) is 5.52 Å². The van der Waals surface area contributed by atoms with E-state index < -0.39 is 5.67 Å². The lowest BCUT2D eigenvalue weighted by Gasteiger charge is -2.38. The first-order chi connectivity index (χ1) is 14.0. The van der Waals surface area contributed by atoms with Crippen molar-refractivity contribution in [2.45, 2.75) is 57.3 Å². The van der Waals surface area contributed by atoms with Crippen LogP contribution in [0.5, 0.6) is 5.88 Å². The van der Waals surface area contributed by atoms with Gasteiger partial charge in [-0.05, 0) is 38.8 Å². The number of halogens is 1. The van der Waals surface area contributed by atoms with Crippen molar-refractivity contribution in [1.29, 1.82) is 0 Å². The molecule has 0 aliphatic heterocycles. The molecule has 8 heteroatoms. The predicted molar refractivity (Wildman–Crippen MR) is 106 cm³/mol. The molecular formula is C21H21FN6O. The first-order valence-corrected chi connectivity index (χ1v) is 10.0. The highest BCUT2D eigenvalue weighted by Crippen LogP contribution is 2.41. The summed E-state index contributed by atoms with van der Waals surface area (Å²) in [5, 5.41) is 4.30. The molecule has 0 aromatic carbocycles. The van der Waals surface area contributed by atoms with Crippen molar-refractivity contribution >= 4 is 16.7 Å². The topological polar surface area (TPSA) is 70.1 Å². The average molecular weight is 392 g/mol. The largest absolute Gasteiger partial charge is 0.473 e. The molecule has 4 aromatic heterocycles. The molecule has 7 nitrogen and oxygen atoms in total. The summed E-state index contributed by atoms with van der Waals surface area (Å²) >= 11 is 0. The number of rotatable bonds is 4. The molecule has 6 rings (SSSR count). The van der Waals surface area contributed by atoms with Crippen molar-refractivity contribution < 1.29 is 9.13 Å². The van der Waals surface area contributed by atoms with Gasteiger partial charge in [0.2, 0.25) is 5.88 Å². The minimum atomic E-state index is -1.15. The van der Waals surface area contributed by atoms with Gasteiger partial charge in [-0.25, -0.2) is 18.9 Å². The summed E-state index contributed by atoms with van der Waals surface area (Å²) < 4.78 is 23.9. The molecule has 2 saturated carbocycles. The maximum Gasteiger partial charge on any atom is 0.242 e. The van der Waals surface area contributed by atoms with Crippen LogP contribution in [0.25, 0.3) is 27.8 Å². The van der Waals surface area contributed by atoms with E-state index in [-0.39, 0.29) is 6.10 Å². The first-order valence-electron chi connectivity index (χ1n) is 10.0. The van der Waals surface area contributed by atoms with Crippen molar-refractivity contribution in [2.24, 2.45) is 0 Å². The van der Waals surface area contributed by atoms with Gasteiger partial charge >= 0.3 is 0 Å². The molecule has 2 aliphatic rings. The number of imidazole rings is 1. The number of alkyl halides is 1. The van der Waals surface area contributed by atoms with Gasteiger partial charge in [0.15, 0.2) is 5.65 Å². The van der Waals surface area contributed by atoms with E-state index in [1.165, 1.54) is 19.2 Å². The van der Waals surface area contributed by atoms with Crippen LogP contribution < -0.4 is 4.74 Å². The second-order valence-electron chi connectivity index (χ2n) is 8.48. The third-order valence-corrected chi connectivity index (χ3v) is 5.95. The predicted octanol–water partition coefficient (Wildman–Crippen LogP) is 4.05. The first kappa shape index (κ1) is 16.9. The Morgan fingerprint density at radius 1 is 1.24 bits per heavy atom. The molecule has 2 fully saturated rings. The van der Waals surface area contributed by atoms with E-state index in [0.717, 1.165) is 33.6 Å². The molecule has 0 spiro atoms. The summed E-state index contributed by atoms with van der Waals surface area (Å²) in [5.74, 6) is 1.48. The molecule has 29 heavy (non-hydrogen) atoms. The SMILES string of the molecule is Cc1nc2ncc(-c3ccn4ncnc(OC5CC(C)(F)C5)c34)cc2n1C1CC1. The average Bonchev–Trinajstić information content (AvgIpc) is 3.30. The Balaban J connectivity index is 1.45. The van der Waals surface area contributed by atoms with Crippen LogP contribution in [-0.4, -0.2) is 40.9 Å². The number of fused-ring (bicyclic) bond motifs is 2. The minimum absolute atomic E-state index is 0.161. The minimum Gasteiger partial charge on any atom is -0.473 e. The standard InChI is InChI=1S/C21H21FN6O/c1-12-26-19-17(28(12)14-3-4-14)7-13(10-23-19)16-5-6-27-18(16)20(24-11-25-27)29-15-8-21(2,22)9-15/h5-7,10-11,14-15H,3-4,8-9H2,1-2H3. The van der Waals surface area contributed by atoms with Crippen LogP contribution in [0.4, 0.5) is 4.39 Å². The molecule has 4 aromatic rings. The second-order valence-corrected chi connectivity index (χ2v) is 8.48. The normalized spacial score (nSPS) is 24.2. The summed E-state index contributed by atoms with van der Waals surface area (Å²) in [6.07, 6.45) is 8.16. The van der Waals surface area contributed by atoms with Crippen molar-refractivity contribution in [1.82, 2.24) is 29.1 Å². The Morgan fingerprint density at radius 2 is 2.07 bits per heavy atom. The summed E-state index contributed by atoms with van der Waals surface area (Å²) in [5.41, 5.74) is 3.35. The fourth-order valence-electron chi connectivity index (χ4n) is 4.41. The molecule has 0 amide bonds. The number of pyridine rings is 1. The van der Waals surface area contributed by atoms with Crippen molar-refractivity contribution in [3.05, 3.63) is 36.7 Å². The van der Waals surface area contributed by atoms with Crippen LogP contribution in [0.2, 0.25) is 0 Å². The smallest absolute Gasteiger partial charge is 0.242 e. The maximum absolute atomic E-state index is 13.9. The third-order valence-electron chi connectivity index (χ3n) is 5.95. The van der Waals surface area contributed by atoms with E-state index in [0.29, 0.717) is 24.8 Å². The molecule has 0 radical (unpaired) electrons. The highest BCUT2D eigenvalue weighted by molar-refractivity contribution is 5.88. The van der Waals surface area contributed by atoms with E-state index in [9.17, 15) is 4.39 Å². The monoisotopic (exact) mass is 392 g/mol. The van der Waals surface area contributed by atoms with Crippen molar-refractivity contribution in [3.8, 4) is 17.0 Å². The zero-order valence-corrected chi connectivity index (χ0v) is 16.3. The molecule has 148 valence electrons. The van der Waals surface area contributed by atoms with Gasteiger partial charge in [-0.3, -0.25) is 0 Å². The molecule has 0 atom stereocenters. The van der Waals surface area contributed by atoms with E-state index in [4.69, 9.17) is 4.74 Å². The molecule has 0 saturated heterocycles. The van der Waals surface area contributed by atoms with Crippen LogP contribution >= 0.6 is 0 Å². The maximum atomic E-state index is 13.9. The zero-order valence-electron chi connectivity index (χ0n) is 16.3. The Bertz CT molecular complexity index is 1250. The van der Waals surface area contributed by atoms with Gasteiger partial charge in [-0.15, -0.1) is 0 Å². The number of aryl methyl sites for hydroxylation is 1. The van der Waals surface area contributed by atoms with Crippen molar-refractivity contribution in [2.75, 3.05) is 0 Å². The zero-order chi connectivity index (χ0) is 19.8. The number of hydrogen-bond donors (Lipinski definition) is 0. The summed E-state index contributed by atoms with van der Waals surface area (Å²) in [6.45, 7) is 3.64. The van der Waals surface area contributed by atoms with E-state index in [1.54, 1.807) is 11.4 Å². The van der Waals surface area contributed by atoms with E-state index >= 15 is 0 Å². The lowest BCUT2D eigenvalue weighted by Crippen LogP contribution is -2.44. The van der Waals surface area contributed by atoms with Gasteiger partial charge in [-0.2, -0.15) is 10.1 Å². The van der Waals surface area contributed by atoms with Gasteiger partial charge in [0.25, 0.3) is 0 Å². The number of nitrogens with zero attached hydrogens (tertiary/aromatic N) is 6. The molecule has 0 N–H and O–H groups in total. The van der Waals surface area contributed by atoms with Crippen LogP contribution in [0.1, 0.15) is 44.5 Å². The van der Waals surface area contributed by atoms with Crippen molar-refractivity contribution in [3.63, 3.8) is 0 Å². The van der Waals surface area contributed by atoms with Gasteiger partial charge in [0.1, 0.15) is 29.4 Å². The second kappa shape index (κ2) is 5.75. The number of hydrogen-bond acceptors (Lipinski definition) is 5. The summed E-state index contributed by atoms with van der Waals surface area (Å²) in [4.78, 5) is 13.6. The lowest BCUT2D eigenvalue weighted by molar-refractivity contribution is -0.0306.